The highest BCUT2D eigenvalue weighted by Gasteiger charge is 2.46. The van der Waals surface area contributed by atoms with E-state index in [9.17, 15) is 14.7 Å². The van der Waals surface area contributed by atoms with E-state index in [1.807, 2.05) is 48.0 Å². The Hall–Kier alpha value is -2.60. The summed E-state index contributed by atoms with van der Waals surface area (Å²) in [5.74, 6) is 0. The maximum absolute atomic E-state index is 13.2. The first-order valence-corrected chi connectivity index (χ1v) is 12.8. The molecule has 1 aliphatic carbocycles. The lowest BCUT2D eigenvalue weighted by atomic mass is 9.74. The normalized spacial score (nSPS) is 22.1. The lowest BCUT2D eigenvalue weighted by molar-refractivity contribution is -0.112. The molecule has 2 atom stereocenters. The minimum Gasteiger partial charge on any atom is -0.443 e. The second-order valence-corrected chi connectivity index (χ2v) is 12.4. The van der Waals surface area contributed by atoms with E-state index in [0.717, 1.165) is 29.5 Å². The molecule has 1 saturated carbocycles. The number of carbonyl (C=O) groups excluding carboxylic acids is 1. The molecule has 1 amide bonds. The predicted molar refractivity (Wildman–Crippen MR) is 138 cm³/mol. The van der Waals surface area contributed by atoms with Gasteiger partial charge in [0.1, 0.15) is 5.60 Å². The molecular weight excluding hydrogens is 440 g/mol. The number of hydrogen-bond acceptors (Lipinski definition) is 4. The van der Waals surface area contributed by atoms with E-state index >= 15 is 0 Å². The molecule has 2 aromatic rings. The van der Waals surface area contributed by atoms with Crippen LogP contribution in [0.4, 0.5) is 4.79 Å². The quantitative estimate of drug-likeness (QED) is 0.521. The number of pyridine rings is 1. The van der Waals surface area contributed by atoms with Crippen LogP contribution < -0.4 is 5.56 Å². The number of amides is 1. The van der Waals surface area contributed by atoms with Gasteiger partial charge in [-0.3, -0.25) is 4.79 Å². The van der Waals surface area contributed by atoms with Gasteiger partial charge < -0.3 is 19.3 Å². The van der Waals surface area contributed by atoms with E-state index in [1.54, 1.807) is 24.8 Å². The average molecular weight is 481 g/mol. The van der Waals surface area contributed by atoms with Crippen molar-refractivity contribution in [3.05, 3.63) is 58.5 Å². The van der Waals surface area contributed by atoms with Crippen molar-refractivity contribution in [1.29, 1.82) is 0 Å². The van der Waals surface area contributed by atoms with Crippen LogP contribution in [0.3, 0.4) is 0 Å². The van der Waals surface area contributed by atoms with Gasteiger partial charge in [0.25, 0.3) is 5.56 Å². The number of cyclic esters (lactones) is 1. The lowest BCUT2D eigenvalue weighted by Crippen LogP contribution is -2.54. The Morgan fingerprint density at radius 1 is 1.03 bits per heavy atom. The van der Waals surface area contributed by atoms with Crippen LogP contribution in [0.2, 0.25) is 0 Å². The number of nitrogens with zero attached hydrogens (tertiary/aromatic N) is 2. The summed E-state index contributed by atoms with van der Waals surface area (Å²) < 4.78 is 7.93. The van der Waals surface area contributed by atoms with Crippen LogP contribution >= 0.6 is 0 Å². The molecule has 0 radical (unpaired) electrons. The summed E-state index contributed by atoms with van der Waals surface area (Å²) in [6, 6.07) is 12.0. The highest BCUT2D eigenvalue weighted by atomic mass is 16.6. The van der Waals surface area contributed by atoms with Crippen LogP contribution in [0, 0.1) is 5.41 Å². The van der Waals surface area contributed by atoms with Gasteiger partial charge in [-0.15, -0.1) is 0 Å². The van der Waals surface area contributed by atoms with Crippen LogP contribution in [0.1, 0.15) is 91.3 Å². The fraction of sp³-hybridized carbons (Fsp3) is 0.586. The minimum absolute atomic E-state index is 0.0333. The Labute approximate surface area is 208 Å². The van der Waals surface area contributed by atoms with Gasteiger partial charge in [0.15, 0.2) is 0 Å². The largest absolute Gasteiger partial charge is 0.443 e. The summed E-state index contributed by atoms with van der Waals surface area (Å²) in [5.41, 5.74) is 1.32. The number of hydrogen-bond donors (Lipinski definition) is 1. The first kappa shape index (κ1) is 25.5. The number of aliphatic hydroxyl groups is 1. The van der Waals surface area contributed by atoms with Crippen LogP contribution in [0.15, 0.2) is 47.4 Å². The van der Waals surface area contributed by atoms with Gasteiger partial charge >= 0.3 is 6.09 Å². The fourth-order valence-electron chi connectivity index (χ4n) is 5.59. The smallest absolute Gasteiger partial charge is 0.410 e. The number of aromatic nitrogens is 1. The van der Waals surface area contributed by atoms with Crippen molar-refractivity contribution in [3.63, 3.8) is 0 Å². The molecule has 4 rings (SSSR count). The molecule has 2 heterocycles. The molecule has 1 aromatic carbocycles. The van der Waals surface area contributed by atoms with Crippen molar-refractivity contribution in [3.8, 4) is 11.1 Å². The molecule has 35 heavy (non-hydrogen) atoms. The standard InChI is InChI=1S/C29H40N2O4/c1-20(30-16-14-29(35-26(30)33,18-27(2,3)4)19-28(5,6)34)21-7-9-22(10-8-21)23-13-15-31(24-11-12-24)25(32)17-23/h7-10,13,15,17,20,24,34H,11-12,14,16,18-19H2,1-6H3/t20-,29?/m0/s1. The van der Waals surface area contributed by atoms with Gasteiger partial charge in [-0.25, -0.2) is 4.79 Å². The van der Waals surface area contributed by atoms with Gasteiger partial charge in [-0.2, -0.15) is 0 Å². The monoisotopic (exact) mass is 480 g/mol. The molecule has 1 N–H and O–H groups in total. The first-order chi connectivity index (χ1) is 16.3. The summed E-state index contributed by atoms with van der Waals surface area (Å²) in [7, 11) is 0. The fourth-order valence-corrected chi connectivity index (χ4v) is 5.59. The van der Waals surface area contributed by atoms with E-state index < -0.39 is 11.2 Å². The Kier molecular flexibility index (Phi) is 6.64. The number of benzene rings is 1. The molecule has 0 bridgehead atoms. The zero-order valence-electron chi connectivity index (χ0n) is 22.0. The maximum atomic E-state index is 13.2. The third-order valence-electron chi connectivity index (χ3n) is 7.04. The summed E-state index contributed by atoms with van der Waals surface area (Å²) in [4.78, 5) is 27.4. The third-order valence-corrected chi connectivity index (χ3v) is 7.04. The first-order valence-electron chi connectivity index (χ1n) is 12.8. The molecule has 2 fully saturated rings. The number of ether oxygens (including phenoxy) is 1. The Balaban J connectivity index is 1.48. The molecule has 0 spiro atoms. The second-order valence-electron chi connectivity index (χ2n) is 12.4. The van der Waals surface area contributed by atoms with Crippen molar-refractivity contribution >= 4 is 6.09 Å². The summed E-state index contributed by atoms with van der Waals surface area (Å²) in [6.45, 7) is 12.5. The second kappa shape index (κ2) is 9.12. The van der Waals surface area contributed by atoms with Gasteiger partial charge in [-0.1, -0.05) is 45.0 Å². The Morgan fingerprint density at radius 3 is 2.20 bits per heavy atom. The van der Waals surface area contributed by atoms with Gasteiger partial charge in [-0.05, 0) is 68.2 Å². The van der Waals surface area contributed by atoms with Crippen molar-refractivity contribution < 1.29 is 14.6 Å². The zero-order chi connectivity index (χ0) is 25.6. The molecule has 1 saturated heterocycles. The van der Waals surface area contributed by atoms with Crippen molar-refractivity contribution in [2.45, 2.75) is 96.9 Å². The molecule has 1 aromatic heterocycles. The third kappa shape index (κ3) is 6.16. The predicted octanol–water partition coefficient (Wildman–Crippen LogP) is 6.09. The number of carbonyl (C=O) groups is 1. The summed E-state index contributed by atoms with van der Waals surface area (Å²) in [5, 5.41) is 10.5. The summed E-state index contributed by atoms with van der Waals surface area (Å²) in [6.07, 6.45) is 5.53. The van der Waals surface area contributed by atoms with Crippen LogP contribution in [0.5, 0.6) is 0 Å². The SMILES string of the molecule is C[C@@H](c1ccc(-c2ccn(C3CC3)c(=O)c2)cc1)N1CCC(CC(C)(C)C)(CC(C)(C)O)OC1=O. The molecular formula is C29H40N2O4. The highest BCUT2D eigenvalue weighted by molar-refractivity contribution is 5.70. The summed E-state index contributed by atoms with van der Waals surface area (Å²) >= 11 is 0. The molecule has 1 unspecified atom stereocenters. The van der Waals surface area contributed by atoms with Gasteiger partial charge in [0.05, 0.1) is 11.6 Å². The molecule has 6 heteroatoms. The van der Waals surface area contributed by atoms with Crippen LogP contribution in [-0.2, 0) is 4.74 Å². The number of rotatable bonds is 7. The maximum Gasteiger partial charge on any atom is 0.410 e. The van der Waals surface area contributed by atoms with E-state index in [4.69, 9.17) is 4.74 Å². The van der Waals surface area contributed by atoms with Gasteiger partial charge in [0, 0.05) is 37.7 Å². The Morgan fingerprint density at radius 2 is 1.69 bits per heavy atom. The van der Waals surface area contributed by atoms with E-state index in [2.05, 4.69) is 20.8 Å². The van der Waals surface area contributed by atoms with Crippen LogP contribution in [-0.4, -0.2) is 38.4 Å². The van der Waals surface area contributed by atoms with Crippen LogP contribution in [0.25, 0.3) is 11.1 Å². The van der Waals surface area contributed by atoms with Crippen molar-refractivity contribution in [2.24, 2.45) is 5.41 Å². The lowest BCUT2D eigenvalue weighted by Gasteiger charge is -2.47. The molecule has 190 valence electrons. The highest BCUT2D eigenvalue weighted by Crippen LogP contribution is 2.42. The molecule has 6 nitrogen and oxygen atoms in total. The van der Waals surface area contributed by atoms with Crippen molar-refractivity contribution in [2.75, 3.05) is 6.54 Å². The van der Waals surface area contributed by atoms with E-state index in [-0.39, 0.29) is 23.1 Å². The molecule has 2 aliphatic rings. The van der Waals surface area contributed by atoms with E-state index in [1.165, 1.54) is 0 Å². The van der Waals surface area contributed by atoms with E-state index in [0.29, 0.717) is 31.8 Å². The average Bonchev–Trinajstić information content (AvgIpc) is 3.56. The Bertz CT molecular complexity index is 1100. The van der Waals surface area contributed by atoms with Crippen molar-refractivity contribution in [1.82, 2.24) is 9.47 Å². The topological polar surface area (TPSA) is 71.8 Å². The zero-order valence-corrected chi connectivity index (χ0v) is 22.0. The van der Waals surface area contributed by atoms with Gasteiger partial charge in [0.2, 0.25) is 0 Å². The minimum atomic E-state index is -0.922. The molecule has 1 aliphatic heterocycles.